The van der Waals surface area contributed by atoms with E-state index in [4.69, 9.17) is 21.4 Å². The monoisotopic (exact) mass is 438 g/mol. The van der Waals surface area contributed by atoms with Crippen LogP contribution in [0, 0.1) is 0 Å². The van der Waals surface area contributed by atoms with Crippen molar-refractivity contribution < 1.29 is 9.53 Å². The van der Waals surface area contributed by atoms with Crippen LogP contribution in [0.3, 0.4) is 0 Å². The SMILES string of the molecule is CC(C)(C)OC(=O)N1CCc2nn(Cc3ccccn3)c(-c3ccc(Cl)cc3)c2CC1. The number of carbonyl (C=O) groups is 1. The number of carbonyl (C=O) groups excluding carboxylic acids is 1. The Hall–Kier alpha value is -2.86. The maximum Gasteiger partial charge on any atom is 0.410 e. The fourth-order valence-electron chi connectivity index (χ4n) is 3.81. The second-order valence-corrected chi connectivity index (χ2v) is 9.16. The third kappa shape index (κ3) is 5.07. The minimum atomic E-state index is -0.510. The van der Waals surface area contributed by atoms with Gasteiger partial charge in [-0.15, -0.1) is 0 Å². The quantitative estimate of drug-likeness (QED) is 0.578. The number of halogens is 1. The number of ether oxygens (including phenoxy) is 1. The van der Waals surface area contributed by atoms with Crippen molar-refractivity contribution in [2.75, 3.05) is 13.1 Å². The van der Waals surface area contributed by atoms with Crippen LogP contribution in [-0.2, 0) is 24.1 Å². The molecule has 7 heteroatoms. The molecule has 2 aromatic heterocycles. The van der Waals surface area contributed by atoms with E-state index in [0.29, 0.717) is 31.1 Å². The Balaban J connectivity index is 1.66. The Bertz CT molecular complexity index is 1060. The fraction of sp³-hybridized carbons (Fsp3) is 0.375. The van der Waals surface area contributed by atoms with Crippen LogP contribution in [0.4, 0.5) is 4.79 Å². The van der Waals surface area contributed by atoms with E-state index in [1.54, 1.807) is 11.1 Å². The normalized spacial score (nSPS) is 14.1. The second kappa shape index (κ2) is 8.71. The lowest BCUT2D eigenvalue weighted by Gasteiger charge is -2.26. The molecule has 6 nitrogen and oxygen atoms in total. The number of nitrogens with zero attached hydrogens (tertiary/aromatic N) is 4. The molecule has 0 radical (unpaired) electrons. The maximum absolute atomic E-state index is 12.6. The molecule has 0 N–H and O–H groups in total. The summed E-state index contributed by atoms with van der Waals surface area (Å²) >= 11 is 6.13. The van der Waals surface area contributed by atoms with Crippen molar-refractivity contribution in [1.29, 1.82) is 0 Å². The van der Waals surface area contributed by atoms with Gasteiger partial charge in [0, 0.05) is 41.9 Å². The van der Waals surface area contributed by atoms with Crippen molar-refractivity contribution in [2.45, 2.75) is 45.8 Å². The standard InChI is InChI=1S/C24H27ClN4O2/c1-24(2,3)31-23(30)28-14-11-20-21(12-15-28)27-29(16-19-6-4-5-13-26-19)22(20)17-7-9-18(25)10-8-17/h4-10,13H,11-12,14-16H2,1-3H3. The summed E-state index contributed by atoms with van der Waals surface area (Å²) in [5.41, 5.74) is 4.74. The van der Waals surface area contributed by atoms with Crippen LogP contribution in [0.2, 0.25) is 5.02 Å². The summed E-state index contributed by atoms with van der Waals surface area (Å²) in [5, 5.41) is 5.63. The van der Waals surface area contributed by atoms with Crippen molar-refractivity contribution >= 4 is 17.7 Å². The average Bonchev–Trinajstić information content (AvgIpc) is 2.91. The van der Waals surface area contributed by atoms with Crippen LogP contribution < -0.4 is 0 Å². The first kappa shape index (κ1) is 21.4. The van der Waals surface area contributed by atoms with Gasteiger partial charge in [-0.2, -0.15) is 5.10 Å². The fourth-order valence-corrected chi connectivity index (χ4v) is 3.94. The molecule has 0 bridgehead atoms. The highest BCUT2D eigenvalue weighted by atomic mass is 35.5. The van der Waals surface area contributed by atoms with Gasteiger partial charge in [0.25, 0.3) is 0 Å². The van der Waals surface area contributed by atoms with E-state index in [9.17, 15) is 4.79 Å². The molecule has 0 spiro atoms. The van der Waals surface area contributed by atoms with Gasteiger partial charge in [-0.25, -0.2) is 4.79 Å². The molecule has 0 fully saturated rings. The summed E-state index contributed by atoms with van der Waals surface area (Å²) in [7, 11) is 0. The molecule has 3 heterocycles. The van der Waals surface area contributed by atoms with Crippen LogP contribution >= 0.6 is 11.6 Å². The van der Waals surface area contributed by atoms with E-state index < -0.39 is 5.60 Å². The summed E-state index contributed by atoms with van der Waals surface area (Å²) in [4.78, 5) is 18.8. The molecule has 0 saturated heterocycles. The van der Waals surface area contributed by atoms with Crippen LogP contribution in [0.5, 0.6) is 0 Å². The number of benzene rings is 1. The zero-order valence-corrected chi connectivity index (χ0v) is 18.9. The van der Waals surface area contributed by atoms with Crippen LogP contribution in [0.1, 0.15) is 37.7 Å². The molecule has 31 heavy (non-hydrogen) atoms. The Morgan fingerprint density at radius 3 is 2.52 bits per heavy atom. The van der Waals surface area contributed by atoms with Gasteiger partial charge >= 0.3 is 6.09 Å². The van der Waals surface area contributed by atoms with E-state index in [2.05, 4.69) is 4.98 Å². The van der Waals surface area contributed by atoms with Crippen molar-refractivity contribution in [3.05, 3.63) is 70.6 Å². The highest BCUT2D eigenvalue weighted by Gasteiger charge is 2.28. The van der Waals surface area contributed by atoms with Crippen molar-refractivity contribution in [3.63, 3.8) is 0 Å². The molecule has 0 aliphatic carbocycles. The number of hydrogen-bond acceptors (Lipinski definition) is 4. The first-order valence-electron chi connectivity index (χ1n) is 10.5. The lowest BCUT2D eigenvalue weighted by Crippen LogP contribution is -2.38. The van der Waals surface area contributed by atoms with Crippen molar-refractivity contribution in [2.24, 2.45) is 0 Å². The molecular formula is C24H27ClN4O2. The molecule has 1 amide bonds. The largest absolute Gasteiger partial charge is 0.444 e. The highest BCUT2D eigenvalue weighted by molar-refractivity contribution is 6.30. The van der Waals surface area contributed by atoms with E-state index in [-0.39, 0.29) is 6.09 Å². The van der Waals surface area contributed by atoms with Crippen molar-refractivity contribution in [3.8, 4) is 11.3 Å². The van der Waals surface area contributed by atoms with Gasteiger partial charge in [-0.1, -0.05) is 29.8 Å². The van der Waals surface area contributed by atoms with Gasteiger partial charge in [-0.05, 0) is 51.5 Å². The lowest BCUT2D eigenvalue weighted by molar-refractivity contribution is 0.0258. The zero-order valence-electron chi connectivity index (χ0n) is 18.1. The van der Waals surface area contributed by atoms with Crippen LogP contribution in [0.25, 0.3) is 11.3 Å². The third-order valence-corrected chi connectivity index (χ3v) is 5.44. The highest BCUT2D eigenvalue weighted by Crippen LogP contribution is 2.31. The van der Waals surface area contributed by atoms with E-state index in [1.165, 1.54) is 5.56 Å². The van der Waals surface area contributed by atoms with Crippen LogP contribution in [-0.4, -0.2) is 44.4 Å². The number of amides is 1. The third-order valence-electron chi connectivity index (χ3n) is 5.19. The van der Waals surface area contributed by atoms with Gasteiger partial charge in [0.2, 0.25) is 0 Å². The molecule has 1 aliphatic heterocycles. The minimum absolute atomic E-state index is 0.271. The number of fused-ring (bicyclic) bond motifs is 1. The Labute approximate surface area is 187 Å². The number of rotatable bonds is 3. The Kier molecular flexibility index (Phi) is 6.01. The minimum Gasteiger partial charge on any atom is -0.444 e. The van der Waals surface area contributed by atoms with Gasteiger partial charge < -0.3 is 9.64 Å². The summed E-state index contributed by atoms with van der Waals surface area (Å²) < 4.78 is 7.60. The summed E-state index contributed by atoms with van der Waals surface area (Å²) in [6, 6.07) is 13.7. The predicted octanol–water partition coefficient (Wildman–Crippen LogP) is 4.98. The number of pyridine rings is 1. The molecule has 4 rings (SSSR count). The summed E-state index contributed by atoms with van der Waals surface area (Å²) in [6.45, 7) is 7.43. The molecule has 1 aromatic carbocycles. The van der Waals surface area contributed by atoms with Gasteiger partial charge in [-0.3, -0.25) is 9.67 Å². The second-order valence-electron chi connectivity index (χ2n) is 8.73. The molecule has 0 atom stereocenters. The molecule has 162 valence electrons. The van der Waals surface area contributed by atoms with Crippen LogP contribution in [0.15, 0.2) is 48.7 Å². The first-order chi connectivity index (χ1) is 14.8. The Morgan fingerprint density at radius 1 is 1.10 bits per heavy atom. The Morgan fingerprint density at radius 2 is 1.84 bits per heavy atom. The maximum atomic E-state index is 12.6. The topological polar surface area (TPSA) is 60.2 Å². The zero-order chi connectivity index (χ0) is 22.0. The molecular weight excluding hydrogens is 412 g/mol. The van der Waals surface area contributed by atoms with Crippen molar-refractivity contribution in [1.82, 2.24) is 19.7 Å². The summed E-state index contributed by atoms with van der Waals surface area (Å²) in [6.07, 6.45) is 2.93. The van der Waals surface area contributed by atoms with E-state index in [0.717, 1.165) is 29.1 Å². The predicted molar refractivity (Wildman–Crippen MR) is 121 cm³/mol. The number of aromatic nitrogens is 3. The van der Waals surface area contributed by atoms with E-state index >= 15 is 0 Å². The average molecular weight is 439 g/mol. The van der Waals surface area contributed by atoms with Gasteiger partial charge in [0.1, 0.15) is 5.60 Å². The molecule has 3 aromatic rings. The molecule has 1 aliphatic rings. The molecule has 0 unspecified atom stereocenters. The van der Waals surface area contributed by atoms with Gasteiger partial charge in [0.05, 0.1) is 23.6 Å². The molecule has 0 saturated carbocycles. The smallest absolute Gasteiger partial charge is 0.410 e. The van der Waals surface area contributed by atoms with Gasteiger partial charge in [0.15, 0.2) is 0 Å². The summed E-state index contributed by atoms with van der Waals surface area (Å²) in [5.74, 6) is 0. The van der Waals surface area contributed by atoms with E-state index in [1.807, 2.05) is 67.9 Å². The first-order valence-corrected chi connectivity index (χ1v) is 10.9. The lowest BCUT2D eigenvalue weighted by atomic mass is 10.0. The number of hydrogen-bond donors (Lipinski definition) is 0.